The van der Waals surface area contributed by atoms with Crippen molar-refractivity contribution in [2.75, 3.05) is 17.3 Å². The van der Waals surface area contributed by atoms with Gasteiger partial charge in [0.1, 0.15) is 10.7 Å². The first-order chi connectivity index (χ1) is 9.51. The first-order valence-electron chi connectivity index (χ1n) is 6.23. The van der Waals surface area contributed by atoms with Gasteiger partial charge in [0, 0.05) is 16.5 Å². The standard InChI is InChI=1S/C14H17N3OS2/c1-8(2)11(18)12-13(15)17-14(20-12)16-9-5-4-6-10(7-9)19-3/h4-8H,15H2,1-3H3,(H,16,17). The zero-order valence-corrected chi connectivity index (χ0v) is 13.3. The van der Waals surface area contributed by atoms with Crippen LogP contribution < -0.4 is 11.1 Å². The Labute approximate surface area is 126 Å². The van der Waals surface area contributed by atoms with E-state index in [0.29, 0.717) is 15.8 Å². The number of thioether (sulfide) groups is 1. The summed E-state index contributed by atoms with van der Waals surface area (Å²) in [4.78, 5) is 17.9. The lowest BCUT2D eigenvalue weighted by Crippen LogP contribution is -2.07. The normalized spacial score (nSPS) is 10.8. The molecule has 0 fully saturated rings. The number of hydrogen-bond acceptors (Lipinski definition) is 6. The molecule has 1 heterocycles. The van der Waals surface area contributed by atoms with Crippen LogP contribution in [0, 0.1) is 5.92 Å². The van der Waals surface area contributed by atoms with Crippen LogP contribution in [0.3, 0.4) is 0 Å². The number of Topliss-reactive ketones (excluding diaryl/α,β-unsaturated/α-hetero) is 1. The molecule has 4 nitrogen and oxygen atoms in total. The second kappa shape index (κ2) is 6.28. The Balaban J connectivity index is 2.22. The van der Waals surface area contributed by atoms with Crippen molar-refractivity contribution in [2.45, 2.75) is 18.7 Å². The molecule has 0 aliphatic carbocycles. The fourth-order valence-corrected chi connectivity index (χ4v) is 3.10. The molecule has 2 rings (SSSR count). The Morgan fingerprint density at radius 1 is 1.45 bits per heavy atom. The van der Waals surface area contributed by atoms with E-state index < -0.39 is 0 Å². The van der Waals surface area contributed by atoms with Crippen molar-refractivity contribution >= 4 is 45.5 Å². The Kier molecular flexibility index (Phi) is 4.67. The summed E-state index contributed by atoms with van der Waals surface area (Å²) in [5, 5.41) is 3.84. The van der Waals surface area contributed by atoms with Crippen molar-refractivity contribution in [3.8, 4) is 0 Å². The van der Waals surface area contributed by atoms with Crippen molar-refractivity contribution in [1.29, 1.82) is 0 Å². The van der Waals surface area contributed by atoms with E-state index in [4.69, 9.17) is 5.73 Å². The Bertz CT molecular complexity index is 623. The number of aromatic nitrogens is 1. The van der Waals surface area contributed by atoms with E-state index in [-0.39, 0.29) is 11.7 Å². The lowest BCUT2D eigenvalue weighted by atomic mass is 10.1. The molecule has 0 amide bonds. The average Bonchev–Trinajstić information content (AvgIpc) is 2.78. The minimum atomic E-state index is -0.0783. The molecule has 0 saturated carbocycles. The average molecular weight is 307 g/mol. The molecule has 0 spiro atoms. The molecular formula is C14H17N3OS2. The first kappa shape index (κ1) is 14.9. The van der Waals surface area contributed by atoms with Crippen LogP contribution in [-0.2, 0) is 0 Å². The SMILES string of the molecule is CSc1cccc(Nc2nc(N)c(C(=O)C(C)C)s2)c1. The molecule has 0 unspecified atom stereocenters. The predicted molar refractivity (Wildman–Crippen MR) is 87.2 cm³/mol. The fourth-order valence-electron chi connectivity index (χ4n) is 1.65. The summed E-state index contributed by atoms with van der Waals surface area (Å²) in [6, 6.07) is 8.01. The van der Waals surface area contributed by atoms with Crippen LogP contribution in [0.2, 0.25) is 0 Å². The van der Waals surface area contributed by atoms with Gasteiger partial charge in [-0.15, -0.1) is 11.8 Å². The Morgan fingerprint density at radius 3 is 2.85 bits per heavy atom. The Morgan fingerprint density at radius 2 is 2.20 bits per heavy atom. The number of carbonyl (C=O) groups excluding carboxylic acids is 1. The summed E-state index contributed by atoms with van der Waals surface area (Å²) in [7, 11) is 0. The van der Waals surface area contributed by atoms with Gasteiger partial charge in [-0.25, -0.2) is 4.98 Å². The van der Waals surface area contributed by atoms with E-state index in [9.17, 15) is 4.79 Å². The van der Waals surface area contributed by atoms with Gasteiger partial charge in [0.25, 0.3) is 0 Å². The highest BCUT2D eigenvalue weighted by Crippen LogP contribution is 2.30. The highest BCUT2D eigenvalue weighted by Gasteiger charge is 2.18. The lowest BCUT2D eigenvalue weighted by molar-refractivity contribution is 0.0944. The minimum absolute atomic E-state index is 0.0333. The number of nitrogens with zero attached hydrogens (tertiary/aromatic N) is 1. The number of rotatable bonds is 5. The predicted octanol–water partition coefficient (Wildman–Crippen LogP) is 4.03. The lowest BCUT2D eigenvalue weighted by Gasteiger charge is -2.03. The van der Waals surface area contributed by atoms with Crippen molar-refractivity contribution in [3.63, 3.8) is 0 Å². The highest BCUT2D eigenvalue weighted by atomic mass is 32.2. The molecule has 3 N–H and O–H groups in total. The second-order valence-corrected chi connectivity index (χ2v) is 6.49. The van der Waals surface area contributed by atoms with Crippen LogP contribution in [0.25, 0.3) is 0 Å². The molecule has 20 heavy (non-hydrogen) atoms. The summed E-state index contributed by atoms with van der Waals surface area (Å²) in [6.07, 6.45) is 2.03. The van der Waals surface area contributed by atoms with Crippen LogP contribution in [0.5, 0.6) is 0 Å². The van der Waals surface area contributed by atoms with Gasteiger partial charge >= 0.3 is 0 Å². The molecule has 0 atom stereocenters. The van der Waals surface area contributed by atoms with Crippen molar-refractivity contribution in [3.05, 3.63) is 29.1 Å². The zero-order chi connectivity index (χ0) is 14.7. The summed E-state index contributed by atoms with van der Waals surface area (Å²) >= 11 is 2.98. The van der Waals surface area contributed by atoms with Crippen LogP contribution in [0.15, 0.2) is 29.2 Å². The van der Waals surface area contributed by atoms with Crippen molar-refractivity contribution in [2.24, 2.45) is 5.92 Å². The van der Waals surface area contributed by atoms with Gasteiger partial charge in [0.05, 0.1) is 0 Å². The Hall–Kier alpha value is -1.53. The molecule has 0 aliphatic heterocycles. The number of carbonyl (C=O) groups is 1. The van der Waals surface area contributed by atoms with E-state index in [1.54, 1.807) is 11.8 Å². The van der Waals surface area contributed by atoms with Crippen molar-refractivity contribution in [1.82, 2.24) is 4.98 Å². The number of ketones is 1. The molecule has 0 saturated heterocycles. The molecule has 0 aliphatic rings. The van der Waals surface area contributed by atoms with Crippen LogP contribution in [-0.4, -0.2) is 17.0 Å². The van der Waals surface area contributed by atoms with Crippen LogP contribution in [0.1, 0.15) is 23.5 Å². The molecule has 0 radical (unpaired) electrons. The van der Waals surface area contributed by atoms with E-state index in [1.807, 2.05) is 44.4 Å². The molecular weight excluding hydrogens is 290 g/mol. The largest absolute Gasteiger partial charge is 0.382 e. The molecule has 6 heteroatoms. The number of thiazole rings is 1. The van der Waals surface area contributed by atoms with E-state index in [2.05, 4.69) is 10.3 Å². The number of hydrogen-bond donors (Lipinski definition) is 2. The number of nitrogen functional groups attached to an aromatic ring is 1. The third-order valence-electron chi connectivity index (χ3n) is 2.72. The third-order valence-corrected chi connectivity index (χ3v) is 4.45. The van der Waals surface area contributed by atoms with Gasteiger partial charge in [0.2, 0.25) is 0 Å². The van der Waals surface area contributed by atoms with Crippen LogP contribution >= 0.6 is 23.1 Å². The maximum Gasteiger partial charge on any atom is 0.189 e. The topological polar surface area (TPSA) is 68.0 Å². The first-order valence-corrected chi connectivity index (χ1v) is 8.27. The smallest absolute Gasteiger partial charge is 0.189 e. The molecule has 106 valence electrons. The molecule has 1 aromatic heterocycles. The summed E-state index contributed by atoms with van der Waals surface area (Å²) in [6.45, 7) is 3.72. The summed E-state index contributed by atoms with van der Waals surface area (Å²) in [5.41, 5.74) is 6.76. The fraction of sp³-hybridized carbons (Fsp3) is 0.286. The van der Waals surface area contributed by atoms with Crippen LogP contribution in [0.4, 0.5) is 16.6 Å². The zero-order valence-electron chi connectivity index (χ0n) is 11.6. The molecule has 0 bridgehead atoms. The number of anilines is 3. The molecule has 1 aromatic carbocycles. The quantitative estimate of drug-likeness (QED) is 0.645. The van der Waals surface area contributed by atoms with Crippen molar-refractivity contribution < 1.29 is 4.79 Å². The van der Waals surface area contributed by atoms with E-state index in [0.717, 1.165) is 10.6 Å². The van der Waals surface area contributed by atoms with Gasteiger partial charge in [0.15, 0.2) is 10.9 Å². The second-order valence-electron chi connectivity index (χ2n) is 4.61. The number of benzene rings is 1. The summed E-state index contributed by atoms with van der Waals surface area (Å²) < 4.78 is 0. The van der Waals surface area contributed by atoms with Gasteiger partial charge in [-0.3, -0.25) is 4.79 Å². The maximum atomic E-state index is 12.0. The van der Waals surface area contributed by atoms with E-state index >= 15 is 0 Å². The van der Waals surface area contributed by atoms with E-state index in [1.165, 1.54) is 11.3 Å². The number of nitrogens with one attached hydrogen (secondary N) is 1. The van der Waals surface area contributed by atoms with Gasteiger partial charge < -0.3 is 11.1 Å². The molecule has 2 aromatic rings. The van der Waals surface area contributed by atoms with Gasteiger partial charge in [-0.05, 0) is 24.5 Å². The third kappa shape index (κ3) is 3.32. The van der Waals surface area contributed by atoms with Gasteiger partial charge in [-0.1, -0.05) is 31.3 Å². The minimum Gasteiger partial charge on any atom is -0.382 e. The summed E-state index contributed by atoms with van der Waals surface area (Å²) in [5.74, 6) is 0.258. The number of nitrogens with two attached hydrogens (primary N) is 1. The van der Waals surface area contributed by atoms with Gasteiger partial charge in [-0.2, -0.15) is 0 Å². The maximum absolute atomic E-state index is 12.0. The highest BCUT2D eigenvalue weighted by molar-refractivity contribution is 7.98. The monoisotopic (exact) mass is 307 g/mol.